The molecule has 7 rings (SSSR count). The molecule has 4 bridgehead atoms. The van der Waals surface area contributed by atoms with Crippen LogP contribution in [0.3, 0.4) is 0 Å². The first-order valence-corrected chi connectivity index (χ1v) is 15.1. The first kappa shape index (κ1) is 25.7. The number of carbonyl (C=O) groups excluding carboxylic acids is 2. The number of carbonyl (C=O) groups is 2. The highest BCUT2D eigenvalue weighted by atomic mass is 32.1. The fraction of sp³-hybridized carbons (Fsp3) is 0.690. The monoisotopic (exact) mass is 536 g/mol. The van der Waals surface area contributed by atoms with Gasteiger partial charge in [0.25, 0.3) is 5.91 Å². The van der Waals surface area contributed by atoms with E-state index in [-0.39, 0.29) is 28.8 Å². The zero-order chi connectivity index (χ0) is 26.7. The van der Waals surface area contributed by atoms with E-state index in [0.717, 1.165) is 47.0 Å². The molecule has 2 aromatic rings. The predicted molar refractivity (Wildman–Crippen MR) is 149 cm³/mol. The maximum Gasteiger partial charge on any atom is 0.317 e. The molecule has 0 radical (unpaired) electrons. The van der Waals surface area contributed by atoms with E-state index in [1.165, 1.54) is 49.9 Å². The third-order valence-electron chi connectivity index (χ3n) is 9.17. The summed E-state index contributed by atoms with van der Waals surface area (Å²) in [5.74, 6) is 2.36. The Morgan fingerprint density at radius 2 is 1.63 bits per heavy atom. The minimum Gasteiger partial charge on any atom is -0.333 e. The molecule has 38 heavy (non-hydrogen) atoms. The molecule has 3 heterocycles. The molecule has 0 aromatic carbocycles. The van der Waals surface area contributed by atoms with Crippen molar-refractivity contribution in [1.82, 2.24) is 25.4 Å². The average molecular weight is 537 g/mol. The second kappa shape index (κ2) is 9.57. The van der Waals surface area contributed by atoms with Gasteiger partial charge in [-0.25, -0.2) is 4.79 Å². The smallest absolute Gasteiger partial charge is 0.317 e. The molecular formula is C29H40N6O2S. The molecule has 9 heteroatoms. The number of aromatic nitrogens is 3. The minimum absolute atomic E-state index is 0.0313. The molecule has 3 amide bonds. The van der Waals surface area contributed by atoms with Gasteiger partial charge in [-0.05, 0) is 88.2 Å². The lowest BCUT2D eigenvalue weighted by molar-refractivity contribution is -0.0160. The van der Waals surface area contributed by atoms with Crippen LogP contribution in [0.1, 0.15) is 105 Å². The summed E-state index contributed by atoms with van der Waals surface area (Å²) in [6, 6.07) is 3.85. The third kappa shape index (κ3) is 5.06. The van der Waals surface area contributed by atoms with Crippen LogP contribution in [0.2, 0.25) is 0 Å². The molecule has 0 spiro atoms. The van der Waals surface area contributed by atoms with Gasteiger partial charge in [0.05, 0.1) is 11.3 Å². The normalized spacial score (nSPS) is 28.9. The topological polar surface area (TPSA) is 100 Å². The molecule has 1 saturated heterocycles. The van der Waals surface area contributed by atoms with Gasteiger partial charge in [0.2, 0.25) is 5.13 Å². The van der Waals surface area contributed by atoms with E-state index in [0.29, 0.717) is 23.8 Å². The Balaban J connectivity index is 1.10. The Labute approximate surface area is 229 Å². The summed E-state index contributed by atoms with van der Waals surface area (Å²) in [7, 11) is 0. The van der Waals surface area contributed by atoms with Crippen molar-refractivity contribution < 1.29 is 9.59 Å². The minimum atomic E-state index is -0.203. The van der Waals surface area contributed by atoms with Crippen LogP contribution in [-0.4, -0.2) is 50.6 Å². The van der Waals surface area contributed by atoms with Gasteiger partial charge >= 0.3 is 6.03 Å². The Morgan fingerprint density at radius 1 is 1.00 bits per heavy atom. The maximum atomic E-state index is 13.4. The molecule has 0 atom stereocenters. The Morgan fingerprint density at radius 3 is 2.21 bits per heavy atom. The molecule has 4 saturated carbocycles. The number of aryl methyl sites for hydroxylation is 1. The molecule has 1 aliphatic heterocycles. The van der Waals surface area contributed by atoms with E-state index in [4.69, 9.17) is 4.98 Å². The van der Waals surface area contributed by atoms with Gasteiger partial charge < -0.3 is 10.2 Å². The number of nitrogens with one attached hydrogen (secondary N) is 2. The molecular weight excluding hydrogens is 496 g/mol. The number of urea groups is 1. The summed E-state index contributed by atoms with van der Waals surface area (Å²) in [6.45, 7) is 9.57. The van der Waals surface area contributed by atoms with E-state index in [2.05, 4.69) is 41.6 Å². The van der Waals surface area contributed by atoms with Crippen molar-refractivity contribution >= 4 is 28.4 Å². The predicted octanol–water partition coefficient (Wildman–Crippen LogP) is 5.65. The summed E-state index contributed by atoms with van der Waals surface area (Å²) in [5.41, 5.74) is 2.21. The second-order valence-corrected chi connectivity index (χ2v) is 14.4. The number of nitrogens with zero attached hydrogens (tertiary/aromatic N) is 4. The molecule has 5 aliphatic rings. The second-order valence-electron chi connectivity index (χ2n) is 13.4. The number of hydrogen-bond acceptors (Lipinski definition) is 6. The lowest BCUT2D eigenvalue weighted by Crippen LogP contribution is -2.62. The van der Waals surface area contributed by atoms with Crippen molar-refractivity contribution in [1.29, 1.82) is 0 Å². The Kier molecular flexibility index (Phi) is 6.48. The van der Waals surface area contributed by atoms with Crippen LogP contribution in [-0.2, 0) is 5.41 Å². The Bertz CT molecular complexity index is 1190. The van der Waals surface area contributed by atoms with Gasteiger partial charge in [0.1, 0.15) is 5.01 Å². The van der Waals surface area contributed by atoms with Gasteiger partial charge in [0.15, 0.2) is 0 Å². The maximum absolute atomic E-state index is 13.4. The molecule has 4 aliphatic carbocycles. The highest BCUT2D eigenvalue weighted by molar-refractivity contribution is 7.15. The first-order chi connectivity index (χ1) is 18.1. The highest BCUT2D eigenvalue weighted by Crippen LogP contribution is 2.55. The summed E-state index contributed by atoms with van der Waals surface area (Å²) < 4.78 is 0. The quantitative estimate of drug-likeness (QED) is 0.526. The standard InChI is InChI=1S/C29H40N6O2S/c1-17-5-6-22(24(36)31-26-34-33-25(38-26)28(2,3)4)23(30-17)21-7-9-35(10-8-21)27(37)32-29-14-18-11-19(15-29)13-20(12-18)16-29/h5-6,18-21H,7-16H2,1-4H3,(H,32,37)(H,31,34,36). The number of pyridine rings is 1. The van der Waals surface area contributed by atoms with Crippen LogP contribution < -0.4 is 10.6 Å². The van der Waals surface area contributed by atoms with Crippen LogP contribution >= 0.6 is 11.3 Å². The van der Waals surface area contributed by atoms with Crippen LogP contribution in [0, 0.1) is 24.7 Å². The number of likely N-dealkylation sites (tertiary alicyclic amines) is 1. The van der Waals surface area contributed by atoms with Crippen molar-refractivity contribution in [2.45, 2.75) is 95.9 Å². The molecule has 5 fully saturated rings. The molecule has 2 N–H and O–H groups in total. The van der Waals surface area contributed by atoms with E-state index >= 15 is 0 Å². The van der Waals surface area contributed by atoms with Crippen LogP contribution in [0.5, 0.6) is 0 Å². The number of piperidine rings is 1. The SMILES string of the molecule is Cc1ccc(C(=O)Nc2nnc(C(C)(C)C)s2)c(C2CCN(C(=O)NC34CC5CC(CC(C5)C3)C4)CC2)n1. The zero-order valence-corrected chi connectivity index (χ0v) is 23.9. The molecule has 204 valence electrons. The van der Waals surface area contributed by atoms with Gasteiger partial charge in [-0.2, -0.15) is 0 Å². The van der Waals surface area contributed by atoms with E-state index in [1.807, 2.05) is 24.0 Å². The van der Waals surface area contributed by atoms with Gasteiger partial charge in [0, 0.05) is 35.7 Å². The lowest BCUT2D eigenvalue weighted by atomic mass is 9.53. The highest BCUT2D eigenvalue weighted by Gasteiger charge is 2.52. The summed E-state index contributed by atoms with van der Waals surface area (Å²) in [4.78, 5) is 33.4. The largest absolute Gasteiger partial charge is 0.333 e. The third-order valence-corrected chi connectivity index (χ3v) is 10.4. The summed E-state index contributed by atoms with van der Waals surface area (Å²) >= 11 is 1.41. The molecule has 0 unspecified atom stereocenters. The van der Waals surface area contributed by atoms with E-state index < -0.39 is 0 Å². The van der Waals surface area contributed by atoms with E-state index in [9.17, 15) is 9.59 Å². The van der Waals surface area contributed by atoms with Crippen LogP contribution in [0.25, 0.3) is 0 Å². The van der Waals surface area contributed by atoms with Crippen molar-refractivity contribution in [3.05, 3.63) is 34.1 Å². The van der Waals surface area contributed by atoms with Gasteiger partial charge in [-0.15, -0.1) is 10.2 Å². The van der Waals surface area contributed by atoms with Crippen LogP contribution in [0.4, 0.5) is 9.93 Å². The summed E-state index contributed by atoms with van der Waals surface area (Å²) in [6.07, 6.45) is 9.22. The van der Waals surface area contributed by atoms with Gasteiger partial charge in [-0.1, -0.05) is 32.1 Å². The van der Waals surface area contributed by atoms with Crippen molar-refractivity contribution in [3.63, 3.8) is 0 Å². The van der Waals surface area contributed by atoms with Crippen molar-refractivity contribution in [3.8, 4) is 0 Å². The number of rotatable bonds is 4. The number of amides is 3. The average Bonchev–Trinajstić information content (AvgIpc) is 3.32. The summed E-state index contributed by atoms with van der Waals surface area (Å²) in [5, 5.41) is 16.3. The fourth-order valence-corrected chi connectivity index (χ4v) is 8.54. The number of anilines is 1. The van der Waals surface area contributed by atoms with Crippen LogP contribution in [0.15, 0.2) is 12.1 Å². The zero-order valence-electron chi connectivity index (χ0n) is 23.0. The van der Waals surface area contributed by atoms with E-state index in [1.54, 1.807) is 0 Å². The molecule has 2 aromatic heterocycles. The first-order valence-electron chi connectivity index (χ1n) is 14.3. The Hall–Kier alpha value is -2.55. The van der Waals surface area contributed by atoms with Crippen molar-refractivity contribution in [2.75, 3.05) is 18.4 Å². The lowest BCUT2D eigenvalue weighted by Gasteiger charge is -2.57. The number of hydrogen-bond donors (Lipinski definition) is 2. The fourth-order valence-electron chi connectivity index (χ4n) is 7.75. The van der Waals surface area contributed by atoms with Gasteiger partial charge in [-0.3, -0.25) is 15.1 Å². The molecule has 8 nitrogen and oxygen atoms in total. The van der Waals surface area contributed by atoms with Crippen molar-refractivity contribution in [2.24, 2.45) is 17.8 Å².